The van der Waals surface area contributed by atoms with Crippen molar-refractivity contribution in [3.63, 3.8) is 0 Å². The van der Waals surface area contributed by atoms with Crippen LogP contribution < -0.4 is 10.6 Å². The lowest BCUT2D eigenvalue weighted by molar-refractivity contribution is 0.249. The van der Waals surface area contributed by atoms with Gasteiger partial charge in [0.25, 0.3) is 0 Å². The molecule has 2 heterocycles. The molecule has 4 aromatic rings. The molecule has 0 atom stereocenters. The summed E-state index contributed by atoms with van der Waals surface area (Å²) in [6.07, 6.45) is 1.88. The second-order valence-electron chi connectivity index (χ2n) is 8.90. The largest absolute Gasteiger partial charge is 0.507 e. The molecule has 5 rings (SSSR count). The van der Waals surface area contributed by atoms with Gasteiger partial charge in [-0.2, -0.15) is 0 Å². The molecule has 0 unspecified atom stereocenters. The minimum atomic E-state index is 0.358. The van der Waals surface area contributed by atoms with Crippen molar-refractivity contribution >= 4 is 22.5 Å². The van der Waals surface area contributed by atoms with Gasteiger partial charge in [-0.1, -0.05) is 18.2 Å². The Morgan fingerprint density at radius 1 is 0.848 bits per heavy atom. The summed E-state index contributed by atoms with van der Waals surface area (Å²) in [4.78, 5) is 14.4. The molecular weight excluding hydrogens is 410 g/mol. The van der Waals surface area contributed by atoms with Crippen LogP contribution in [0.4, 0.5) is 11.5 Å². The molecule has 1 fully saturated rings. The van der Waals surface area contributed by atoms with Crippen molar-refractivity contribution in [2.24, 2.45) is 0 Å². The van der Waals surface area contributed by atoms with E-state index >= 15 is 0 Å². The van der Waals surface area contributed by atoms with E-state index in [0.717, 1.165) is 77.5 Å². The maximum Gasteiger partial charge on any atom is 0.147 e. The molecule has 3 N–H and O–H groups in total. The van der Waals surface area contributed by atoms with Crippen molar-refractivity contribution in [3.8, 4) is 16.9 Å². The number of rotatable bonds is 4. The first-order valence-electron chi connectivity index (χ1n) is 11.4. The van der Waals surface area contributed by atoms with Gasteiger partial charge < -0.3 is 15.7 Å². The number of fused-ring (bicyclic) bond motifs is 1. The van der Waals surface area contributed by atoms with E-state index in [-0.39, 0.29) is 0 Å². The number of phenolic OH excluding ortho intramolecular Hbond substituents is 1. The zero-order chi connectivity index (χ0) is 22.9. The summed E-state index contributed by atoms with van der Waals surface area (Å²) in [6.45, 7) is 8.60. The van der Waals surface area contributed by atoms with E-state index in [1.54, 1.807) is 0 Å². The molecule has 1 saturated heterocycles. The Morgan fingerprint density at radius 2 is 1.55 bits per heavy atom. The second-order valence-corrected chi connectivity index (χ2v) is 8.90. The quantitative estimate of drug-likeness (QED) is 0.455. The van der Waals surface area contributed by atoms with Gasteiger partial charge in [-0.05, 0) is 78.1 Å². The van der Waals surface area contributed by atoms with E-state index in [0.29, 0.717) is 5.75 Å². The number of benzene rings is 3. The van der Waals surface area contributed by atoms with E-state index in [2.05, 4.69) is 39.0 Å². The molecule has 0 amide bonds. The average Bonchev–Trinajstić information content (AvgIpc) is 2.83. The highest BCUT2D eigenvalue weighted by atomic mass is 16.3. The second kappa shape index (κ2) is 8.71. The minimum Gasteiger partial charge on any atom is -0.507 e. The van der Waals surface area contributed by atoms with Crippen LogP contribution in [0.5, 0.6) is 5.75 Å². The molecule has 6 heteroatoms. The zero-order valence-electron chi connectivity index (χ0n) is 19.1. The standard InChI is InChI=1S/C27H29N5O/c1-18-13-22(14-19(2)27(18)33)21-5-8-24-25(15-21)30-26(16-29-24)32-11-9-31(10-12-32)17-20-3-6-23(28)7-4-20/h3-8,13-16,33H,9-12,17,28H2,1-2H3. The van der Waals surface area contributed by atoms with Crippen LogP contribution in [0.3, 0.4) is 0 Å². The minimum absolute atomic E-state index is 0.358. The third-order valence-electron chi connectivity index (χ3n) is 6.44. The Morgan fingerprint density at radius 3 is 2.24 bits per heavy atom. The van der Waals surface area contributed by atoms with Crippen LogP contribution in [0, 0.1) is 13.8 Å². The van der Waals surface area contributed by atoms with Crippen LogP contribution in [-0.4, -0.2) is 46.2 Å². The maximum absolute atomic E-state index is 10.1. The van der Waals surface area contributed by atoms with E-state index in [1.807, 2.05) is 50.4 Å². The number of nitrogens with zero attached hydrogens (tertiary/aromatic N) is 4. The molecule has 0 radical (unpaired) electrons. The van der Waals surface area contributed by atoms with E-state index in [4.69, 9.17) is 10.7 Å². The Hall–Kier alpha value is -3.64. The van der Waals surface area contributed by atoms with Crippen molar-refractivity contribution in [3.05, 3.63) is 77.5 Å². The first-order chi connectivity index (χ1) is 16.0. The van der Waals surface area contributed by atoms with Crippen molar-refractivity contribution in [2.75, 3.05) is 36.8 Å². The lowest BCUT2D eigenvalue weighted by atomic mass is 9.99. The lowest BCUT2D eigenvalue weighted by Crippen LogP contribution is -2.46. The number of piperazine rings is 1. The molecule has 1 aliphatic rings. The summed E-state index contributed by atoms with van der Waals surface area (Å²) in [7, 11) is 0. The molecule has 1 aromatic heterocycles. The number of aromatic hydroxyl groups is 1. The predicted octanol–water partition coefficient (Wildman–Crippen LogP) is 4.52. The number of nitrogens with two attached hydrogens (primary N) is 1. The first-order valence-corrected chi connectivity index (χ1v) is 11.4. The number of aryl methyl sites for hydroxylation is 2. The van der Waals surface area contributed by atoms with E-state index in [1.165, 1.54) is 5.56 Å². The highest BCUT2D eigenvalue weighted by Gasteiger charge is 2.19. The number of phenols is 1. The van der Waals surface area contributed by atoms with Gasteiger partial charge in [0, 0.05) is 38.4 Å². The molecule has 6 nitrogen and oxygen atoms in total. The fourth-order valence-corrected chi connectivity index (χ4v) is 4.47. The lowest BCUT2D eigenvalue weighted by Gasteiger charge is -2.35. The molecular formula is C27H29N5O. The smallest absolute Gasteiger partial charge is 0.147 e. The van der Waals surface area contributed by atoms with Gasteiger partial charge in [0.2, 0.25) is 0 Å². The Balaban J connectivity index is 1.32. The van der Waals surface area contributed by atoms with Crippen LogP contribution in [0.25, 0.3) is 22.2 Å². The van der Waals surface area contributed by atoms with Gasteiger partial charge in [0.1, 0.15) is 11.6 Å². The van der Waals surface area contributed by atoms with E-state index in [9.17, 15) is 5.11 Å². The zero-order valence-corrected chi connectivity index (χ0v) is 19.1. The summed E-state index contributed by atoms with van der Waals surface area (Å²) < 4.78 is 0. The van der Waals surface area contributed by atoms with Gasteiger partial charge in [-0.3, -0.25) is 9.88 Å². The van der Waals surface area contributed by atoms with Crippen molar-refractivity contribution in [2.45, 2.75) is 20.4 Å². The predicted molar refractivity (Wildman–Crippen MR) is 134 cm³/mol. The van der Waals surface area contributed by atoms with Crippen LogP contribution in [0.2, 0.25) is 0 Å². The Labute approximate surface area is 194 Å². The van der Waals surface area contributed by atoms with Crippen molar-refractivity contribution < 1.29 is 5.11 Å². The molecule has 1 aliphatic heterocycles. The molecule has 0 aliphatic carbocycles. The maximum atomic E-state index is 10.1. The van der Waals surface area contributed by atoms with Gasteiger partial charge in [0.05, 0.1) is 17.2 Å². The Kier molecular flexibility index (Phi) is 5.60. The number of hydrogen-bond acceptors (Lipinski definition) is 6. The third-order valence-corrected chi connectivity index (χ3v) is 6.44. The normalized spacial score (nSPS) is 14.7. The van der Waals surface area contributed by atoms with Gasteiger partial charge in [-0.25, -0.2) is 4.98 Å². The number of hydrogen-bond donors (Lipinski definition) is 2. The topological polar surface area (TPSA) is 78.5 Å². The van der Waals surface area contributed by atoms with Crippen LogP contribution in [-0.2, 0) is 6.54 Å². The number of nitrogen functional groups attached to an aromatic ring is 1. The molecule has 0 saturated carbocycles. The fourth-order valence-electron chi connectivity index (χ4n) is 4.47. The van der Waals surface area contributed by atoms with E-state index < -0.39 is 0 Å². The summed E-state index contributed by atoms with van der Waals surface area (Å²) in [5.41, 5.74) is 13.6. The van der Waals surface area contributed by atoms with Gasteiger partial charge in [-0.15, -0.1) is 0 Å². The fraction of sp³-hybridized carbons (Fsp3) is 0.259. The van der Waals surface area contributed by atoms with Crippen molar-refractivity contribution in [1.29, 1.82) is 0 Å². The number of anilines is 2. The summed E-state index contributed by atoms with van der Waals surface area (Å²) in [5, 5.41) is 10.1. The SMILES string of the molecule is Cc1cc(-c2ccc3ncc(N4CCN(Cc5ccc(N)cc5)CC4)nc3c2)cc(C)c1O. The molecule has 0 bridgehead atoms. The molecule has 0 spiro atoms. The molecule has 168 valence electrons. The monoisotopic (exact) mass is 439 g/mol. The van der Waals surface area contributed by atoms with Gasteiger partial charge in [0.15, 0.2) is 0 Å². The first kappa shape index (κ1) is 21.2. The number of aromatic nitrogens is 2. The molecule has 3 aromatic carbocycles. The van der Waals surface area contributed by atoms with Crippen LogP contribution in [0.15, 0.2) is 60.8 Å². The summed E-state index contributed by atoms with van der Waals surface area (Å²) in [5.74, 6) is 1.28. The molecule has 33 heavy (non-hydrogen) atoms. The average molecular weight is 440 g/mol. The van der Waals surface area contributed by atoms with Gasteiger partial charge >= 0.3 is 0 Å². The highest BCUT2D eigenvalue weighted by Crippen LogP contribution is 2.30. The summed E-state index contributed by atoms with van der Waals surface area (Å²) in [6, 6.07) is 18.3. The Bertz CT molecular complexity index is 1270. The van der Waals surface area contributed by atoms with Crippen LogP contribution in [0.1, 0.15) is 16.7 Å². The van der Waals surface area contributed by atoms with Crippen molar-refractivity contribution in [1.82, 2.24) is 14.9 Å². The highest BCUT2D eigenvalue weighted by molar-refractivity contribution is 5.82. The van der Waals surface area contributed by atoms with Crippen LogP contribution >= 0.6 is 0 Å². The summed E-state index contributed by atoms with van der Waals surface area (Å²) >= 11 is 0. The third kappa shape index (κ3) is 4.47.